The Kier molecular flexibility index (Phi) is 6.75. The third kappa shape index (κ3) is 4.36. The number of para-hydroxylation sites is 2. The fourth-order valence-electron chi connectivity index (χ4n) is 4.91. The molecule has 1 atom stereocenters. The first kappa shape index (κ1) is 23.3. The summed E-state index contributed by atoms with van der Waals surface area (Å²) >= 11 is 0. The molecule has 2 aromatic carbocycles. The first-order valence-electron chi connectivity index (χ1n) is 11.9. The van der Waals surface area contributed by atoms with Crippen LogP contribution in [0.4, 0.5) is 0 Å². The maximum Gasteiger partial charge on any atom is 0.231 e. The molecule has 3 aromatic rings. The van der Waals surface area contributed by atoms with Crippen LogP contribution in [-0.4, -0.2) is 35.8 Å². The van der Waals surface area contributed by atoms with Gasteiger partial charge in [-0.3, -0.25) is 4.79 Å². The van der Waals surface area contributed by atoms with Crippen LogP contribution in [0, 0.1) is 5.92 Å². The van der Waals surface area contributed by atoms with Crippen LogP contribution >= 0.6 is 0 Å². The third-order valence-corrected chi connectivity index (χ3v) is 6.79. The summed E-state index contributed by atoms with van der Waals surface area (Å²) in [6, 6.07) is 16.1. The monoisotopic (exact) mass is 449 g/mol. The second-order valence-corrected chi connectivity index (χ2v) is 9.54. The smallest absolute Gasteiger partial charge is 0.231 e. The minimum Gasteiger partial charge on any atom is -0.497 e. The van der Waals surface area contributed by atoms with Crippen LogP contribution < -0.4 is 10.1 Å². The molecule has 1 N–H and O–H groups in total. The van der Waals surface area contributed by atoms with Crippen molar-refractivity contribution in [3.8, 4) is 5.75 Å². The van der Waals surface area contributed by atoms with E-state index in [2.05, 4.69) is 43.6 Å². The van der Waals surface area contributed by atoms with E-state index in [9.17, 15) is 4.79 Å². The van der Waals surface area contributed by atoms with Crippen molar-refractivity contribution < 1.29 is 14.3 Å². The second-order valence-electron chi connectivity index (χ2n) is 9.54. The number of amides is 1. The molecule has 33 heavy (non-hydrogen) atoms. The Balaban J connectivity index is 1.73. The molecule has 0 bridgehead atoms. The number of hydrogen-bond donors (Lipinski definition) is 1. The van der Waals surface area contributed by atoms with E-state index in [0.717, 1.165) is 28.2 Å². The van der Waals surface area contributed by atoms with Gasteiger partial charge >= 0.3 is 0 Å². The van der Waals surface area contributed by atoms with Crippen molar-refractivity contribution in [1.29, 1.82) is 0 Å². The Bertz CT molecular complexity index is 1100. The number of carbonyl (C=O) groups excluding carboxylic acids is 1. The number of carbonyl (C=O) groups is 1. The Morgan fingerprint density at radius 1 is 1.06 bits per heavy atom. The molecule has 4 rings (SSSR count). The zero-order valence-corrected chi connectivity index (χ0v) is 20.3. The Hall–Kier alpha value is -2.86. The van der Waals surface area contributed by atoms with Crippen LogP contribution in [0.2, 0.25) is 0 Å². The molecule has 1 unspecified atom stereocenters. The lowest BCUT2D eigenvalue weighted by atomic mass is 9.73. The molecule has 1 aliphatic rings. The Morgan fingerprint density at radius 3 is 2.33 bits per heavy atom. The number of nitrogens with zero attached hydrogens (tertiary/aromatic N) is 2. The molecule has 6 nitrogen and oxygen atoms in total. The molecule has 1 saturated heterocycles. The SMILES string of the molecule is COc1ccc(C2(C(=O)NC(c3nc4ccccc4n3C(C)C)C(C)C)CCOCC2)cc1. The first-order chi connectivity index (χ1) is 15.9. The van der Waals surface area contributed by atoms with Gasteiger partial charge in [0, 0.05) is 19.3 Å². The highest BCUT2D eigenvalue weighted by Crippen LogP contribution is 2.38. The third-order valence-electron chi connectivity index (χ3n) is 6.79. The quantitative estimate of drug-likeness (QED) is 0.539. The summed E-state index contributed by atoms with van der Waals surface area (Å²) in [6.07, 6.45) is 1.30. The van der Waals surface area contributed by atoms with E-state index < -0.39 is 5.41 Å². The highest BCUT2D eigenvalue weighted by molar-refractivity contribution is 5.89. The normalized spacial score (nSPS) is 16.8. The van der Waals surface area contributed by atoms with Crippen LogP contribution in [0.3, 0.4) is 0 Å². The van der Waals surface area contributed by atoms with Gasteiger partial charge in [0.25, 0.3) is 0 Å². The van der Waals surface area contributed by atoms with Crippen molar-refractivity contribution in [2.75, 3.05) is 20.3 Å². The molecule has 1 fully saturated rings. The van der Waals surface area contributed by atoms with Crippen molar-refractivity contribution in [2.24, 2.45) is 5.92 Å². The molecule has 176 valence electrons. The summed E-state index contributed by atoms with van der Waals surface area (Å²) in [5.41, 5.74) is 2.42. The van der Waals surface area contributed by atoms with Crippen LogP contribution in [0.25, 0.3) is 11.0 Å². The summed E-state index contributed by atoms with van der Waals surface area (Å²) in [6.45, 7) is 9.73. The molecule has 0 aliphatic carbocycles. The van der Waals surface area contributed by atoms with Gasteiger partial charge in [0.05, 0.1) is 29.6 Å². The summed E-state index contributed by atoms with van der Waals surface area (Å²) in [4.78, 5) is 19.0. The largest absolute Gasteiger partial charge is 0.497 e. The first-order valence-corrected chi connectivity index (χ1v) is 11.9. The topological polar surface area (TPSA) is 65.4 Å². The molecule has 2 heterocycles. The van der Waals surface area contributed by atoms with Crippen LogP contribution in [-0.2, 0) is 14.9 Å². The predicted octanol–water partition coefficient (Wildman–Crippen LogP) is 5.19. The van der Waals surface area contributed by atoms with E-state index in [1.807, 2.05) is 42.5 Å². The van der Waals surface area contributed by atoms with Gasteiger partial charge in [-0.25, -0.2) is 4.98 Å². The van der Waals surface area contributed by atoms with Gasteiger partial charge in [0.2, 0.25) is 5.91 Å². The number of hydrogen-bond acceptors (Lipinski definition) is 4. The van der Waals surface area contributed by atoms with E-state index >= 15 is 0 Å². The number of fused-ring (bicyclic) bond motifs is 1. The fourth-order valence-corrected chi connectivity index (χ4v) is 4.91. The maximum absolute atomic E-state index is 14.0. The molecule has 1 aliphatic heterocycles. The molecule has 0 spiro atoms. The molecule has 6 heteroatoms. The standard InChI is InChI=1S/C27H35N3O3/c1-18(2)24(25-28-22-8-6-7-9-23(22)30(25)19(3)4)29-26(31)27(14-16-33-17-15-27)20-10-12-21(32-5)13-11-20/h6-13,18-19,24H,14-17H2,1-5H3,(H,29,31). The van der Waals surface area contributed by atoms with E-state index in [1.54, 1.807) is 7.11 Å². The van der Waals surface area contributed by atoms with E-state index in [-0.39, 0.29) is 23.9 Å². The van der Waals surface area contributed by atoms with E-state index in [4.69, 9.17) is 14.5 Å². The van der Waals surface area contributed by atoms with Gasteiger partial charge < -0.3 is 19.4 Å². The number of nitrogens with one attached hydrogen (secondary N) is 1. The van der Waals surface area contributed by atoms with Crippen LogP contribution in [0.15, 0.2) is 48.5 Å². The lowest BCUT2D eigenvalue weighted by molar-refractivity contribution is -0.131. The average Bonchev–Trinajstić information content (AvgIpc) is 3.22. The molecular formula is C27H35N3O3. The van der Waals surface area contributed by atoms with Gasteiger partial charge in [-0.2, -0.15) is 0 Å². The highest BCUT2D eigenvalue weighted by atomic mass is 16.5. The second kappa shape index (κ2) is 9.56. The number of aromatic nitrogens is 2. The summed E-state index contributed by atoms with van der Waals surface area (Å²) < 4.78 is 13.2. The number of ether oxygens (including phenoxy) is 2. The van der Waals surface area contributed by atoms with Gasteiger partial charge in [-0.1, -0.05) is 38.1 Å². The van der Waals surface area contributed by atoms with Gasteiger partial charge in [-0.15, -0.1) is 0 Å². The van der Waals surface area contributed by atoms with Gasteiger partial charge in [-0.05, 0) is 62.4 Å². The van der Waals surface area contributed by atoms with Crippen LogP contribution in [0.5, 0.6) is 5.75 Å². The predicted molar refractivity (Wildman–Crippen MR) is 131 cm³/mol. The van der Waals surface area contributed by atoms with E-state index in [0.29, 0.717) is 26.1 Å². The number of rotatable bonds is 7. The molecule has 1 aromatic heterocycles. The minimum atomic E-state index is -0.633. The van der Waals surface area contributed by atoms with Crippen molar-refractivity contribution in [3.63, 3.8) is 0 Å². The molecule has 0 saturated carbocycles. The lowest BCUT2D eigenvalue weighted by Crippen LogP contribution is -2.50. The van der Waals surface area contributed by atoms with Gasteiger partial charge in [0.1, 0.15) is 11.6 Å². The summed E-state index contributed by atoms with van der Waals surface area (Å²) in [5, 5.41) is 3.42. The van der Waals surface area contributed by atoms with E-state index in [1.165, 1.54) is 0 Å². The molecule has 0 radical (unpaired) electrons. The Labute approximate surface area is 196 Å². The molecule has 1 amide bonds. The zero-order valence-electron chi connectivity index (χ0n) is 20.3. The maximum atomic E-state index is 14.0. The average molecular weight is 450 g/mol. The lowest BCUT2D eigenvalue weighted by Gasteiger charge is -2.38. The van der Waals surface area contributed by atoms with Crippen molar-refractivity contribution in [3.05, 3.63) is 59.9 Å². The zero-order chi connectivity index (χ0) is 23.6. The van der Waals surface area contributed by atoms with Crippen LogP contribution in [0.1, 0.15) is 64.0 Å². The molecular weight excluding hydrogens is 414 g/mol. The summed E-state index contributed by atoms with van der Waals surface area (Å²) in [5.74, 6) is 1.91. The minimum absolute atomic E-state index is 0.0389. The number of imidazole rings is 1. The van der Waals surface area contributed by atoms with Gasteiger partial charge in [0.15, 0.2) is 0 Å². The Morgan fingerprint density at radius 2 is 1.73 bits per heavy atom. The highest BCUT2D eigenvalue weighted by Gasteiger charge is 2.43. The van der Waals surface area contributed by atoms with Crippen molar-refractivity contribution in [2.45, 2.75) is 58.0 Å². The van der Waals surface area contributed by atoms with Crippen molar-refractivity contribution in [1.82, 2.24) is 14.9 Å². The number of benzene rings is 2. The fraction of sp³-hybridized carbons (Fsp3) is 0.481. The summed E-state index contributed by atoms with van der Waals surface area (Å²) in [7, 11) is 1.65. The van der Waals surface area contributed by atoms with Crippen molar-refractivity contribution >= 4 is 16.9 Å². The number of methoxy groups -OCH3 is 1.